The Morgan fingerprint density at radius 3 is 2.38 bits per heavy atom. The SMILES string of the molecule is CCC(C)(C)CC1(C)CCC(C)C1. The minimum atomic E-state index is 0.554. The molecule has 0 heteroatoms. The molecule has 0 amide bonds. The summed E-state index contributed by atoms with van der Waals surface area (Å²) in [4.78, 5) is 0. The van der Waals surface area contributed by atoms with E-state index in [9.17, 15) is 0 Å². The van der Waals surface area contributed by atoms with Crippen LogP contribution in [-0.4, -0.2) is 0 Å². The molecule has 0 aromatic carbocycles. The van der Waals surface area contributed by atoms with Gasteiger partial charge >= 0.3 is 0 Å². The van der Waals surface area contributed by atoms with Crippen LogP contribution < -0.4 is 0 Å². The topological polar surface area (TPSA) is 0 Å². The van der Waals surface area contributed by atoms with Crippen molar-refractivity contribution in [3.63, 3.8) is 0 Å². The second kappa shape index (κ2) is 3.63. The van der Waals surface area contributed by atoms with Gasteiger partial charge in [-0.2, -0.15) is 0 Å². The molecule has 0 radical (unpaired) electrons. The summed E-state index contributed by atoms with van der Waals surface area (Å²) in [6.45, 7) is 12.1. The first-order valence-electron chi connectivity index (χ1n) is 5.87. The summed E-state index contributed by atoms with van der Waals surface area (Å²) in [5, 5.41) is 0. The van der Waals surface area contributed by atoms with E-state index in [1.54, 1.807) is 0 Å². The van der Waals surface area contributed by atoms with Crippen LogP contribution in [0.3, 0.4) is 0 Å². The monoisotopic (exact) mass is 182 g/mol. The Labute approximate surface area is 84.1 Å². The fraction of sp³-hybridized carbons (Fsp3) is 1.00. The van der Waals surface area contributed by atoms with Gasteiger partial charge in [0.2, 0.25) is 0 Å². The van der Waals surface area contributed by atoms with Crippen LogP contribution in [0.5, 0.6) is 0 Å². The highest BCUT2D eigenvalue weighted by molar-refractivity contribution is 4.88. The smallest absolute Gasteiger partial charge is 0.0318 e. The van der Waals surface area contributed by atoms with Gasteiger partial charge in [-0.3, -0.25) is 0 Å². The molecular formula is C13H26. The van der Waals surface area contributed by atoms with E-state index in [0.29, 0.717) is 10.8 Å². The molecule has 1 rings (SSSR count). The van der Waals surface area contributed by atoms with Crippen molar-refractivity contribution in [2.75, 3.05) is 0 Å². The molecule has 0 aromatic rings. The van der Waals surface area contributed by atoms with Crippen LogP contribution in [0.25, 0.3) is 0 Å². The molecule has 0 saturated heterocycles. The standard InChI is InChI=1S/C13H26/c1-6-12(3,4)10-13(5)8-7-11(2)9-13/h11H,6-10H2,1-5H3. The summed E-state index contributed by atoms with van der Waals surface area (Å²) in [5.74, 6) is 0.970. The highest BCUT2D eigenvalue weighted by Crippen LogP contribution is 2.48. The number of rotatable bonds is 3. The summed E-state index contributed by atoms with van der Waals surface area (Å²) in [7, 11) is 0. The van der Waals surface area contributed by atoms with Gasteiger partial charge in [0.15, 0.2) is 0 Å². The number of hydrogen-bond donors (Lipinski definition) is 0. The lowest BCUT2D eigenvalue weighted by Gasteiger charge is -2.34. The molecule has 2 unspecified atom stereocenters. The van der Waals surface area contributed by atoms with Gasteiger partial charge in [0, 0.05) is 0 Å². The molecule has 0 aromatic heterocycles. The molecular weight excluding hydrogens is 156 g/mol. The summed E-state index contributed by atoms with van der Waals surface area (Å²) < 4.78 is 0. The van der Waals surface area contributed by atoms with Crippen LogP contribution in [-0.2, 0) is 0 Å². The van der Waals surface area contributed by atoms with Crippen molar-refractivity contribution in [2.24, 2.45) is 16.7 Å². The van der Waals surface area contributed by atoms with Crippen LogP contribution in [0, 0.1) is 16.7 Å². The van der Waals surface area contributed by atoms with E-state index >= 15 is 0 Å². The van der Waals surface area contributed by atoms with Gasteiger partial charge < -0.3 is 0 Å². The third kappa shape index (κ3) is 3.00. The Kier molecular flexibility index (Phi) is 3.09. The largest absolute Gasteiger partial charge is 0.0649 e. The number of hydrogen-bond acceptors (Lipinski definition) is 0. The highest BCUT2D eigenvalue weighted by Gasteiger charge is 2.36. The van der Waals surface area contributed by atoms with E-state index in [0.717, 1.165) is 5.92 Å². The Hall–Kier alpha value is 0. The molecule has 0 bridgehead atoms. The zero-order valence-electron chi connectivity index (χ0n) is 10.1. The van der Waals surface area contributed by atoms with E-state index in [2.05, 4.69) is 34.6 Å². The molecule has 0 spiro atoms. The average molecular weight is 182 g/mol. The lowest BCUT2D eigenvalue weighted by molar-refractivity contribution is 0.171. The van der Waals surface area contributed by atoms with E-state index in [1.807, 2.05) is 0 Å². The van der Waals surface area contributed by atoms with Gasteiger partial charge in [0.1, 0.15) is 0 Å². The van der Waals surface area contributed by atoms with Crippen molar-refractivity contribution >= 4 is 0 Å². The predicted octanol–water partition coefficient (Wildman–Crippen LogP) is 4.64. The molecule has 0 nitrogen and oxygen atoms in total. The maximum Gasteiger partial charge on any atom is -0.0318 e. The Balaban J connectivity index is 2.53. The van der Waals surface area contributed by atoms with E-state index in [4.69, 9.17) is 0 Å². The average Bonchev–Trinajstić information content (AvgIpc) is 2.30. The quantitative estimate of drug-likeness (QED) is 0.596. The van der Waals surface area contributed by atoms with Crippen molar-refractivity contribution in [1.82, 2.24) is 0 Å². The van der Waals surface area contributed by atoms with Gasteiger partial charge in [-0.05, 0) is 36.0 Å². The second-order valence-corrected chi connectivity index (χ2v) is 6.35. The Bertz CT molecular complexity index is 169. The van der Waals surface area contributed by atoms with E-state index < -0.39 is 0 Å². The molecule has 13 heavy (non-hydrogen) atoms. The zero-order valence-corrected chi connectivity index (χ0v) is 10.1. The first-order valence-corrected chi connectivity index (χ1v) is 5.87. The third-order valence-electron chi connectivity index (χ3n) is 3.94. The molecule has 1 aliphatic carbocycles. The Morgan fingerprint density at radius 1 is 1.38 bits per heavy atom. The molecule has 0 N–H and O–H groups in total. The maximum atomic E-state index is 2.49. The van der Waals surface area contributed by atoms with Crippen molar-refractivity contribution in [3.8, 4) is 0 Å². The molecule has 1 aliphatic rings. The van der Waals surface area contributed by atoms with Crippen LogP contribution in [0.4, 0.5) is 0 Å². The third-order valence-corrected chi connectivity index (χ3v) is 3.94. The van der Waals surface area contributed by atoms with Gasteiger partial charge in [0.25, 0.3) is 0 Å². The first kappa shape index (κ1) is 11.1. The van der Waals surface area contributed by atoms with Crippen LogP contribution >= 0.6 is 0 Å². The molecule has 1 saturated carbocycles. The minimum absolute atomic E-state index is 0.554. The molecule has 0 heterocycles. The van der Waals surface area contributed by atoms with Crippen LogP contribution in [0.15, 0.2) is 0 Å². The van der Waals surface area contributed by atoms with Crippen molar-refractivity contribution in [2.45, 2.75) is 66.7 Å². The van der Waals surface area contributed by atoms with Gasteiger partial charge in [-0.25, -0.2) is 0 Å². The minimum Gasteiger partial charge on any atom is -0.0649 e. The lowest BCUT2D eigenvalue weighted by Crippen LogP contribution is -2.22. The molecule has 1 fully saturated rings. The van der Waals surface area contributed by atoms with Crippen molar-refractivity contribution in [3.05, 3.63) is 0 Å². The van der Waals surface area contributed by atoms with Gasteiger partial charge in [-0.1, -0.05) is 47.5 Å². The summed E-state index contributed by atoms with van der Waals surface area (Å²) >= 11 is 0. The summed E-state index contributed by atoms with van der Waals surface area (Å²) in [5.41, 5.74) is 1.21. The Morgan fingerprint density at radius 2 is 2.00 bits per heavy atom. The predicted molar refractivity (Wildman–Crippen MR) is 59.8 cm³/mol. The first-order chi connectivity index (χ1) is 5.87. The second-order valence-electron chi connectivity index (χ2n) is 6.35. The summed E-state index contributed by atoms with van der Waals surface area (Å²) in [6, 6.07) is 0. The summed E-state index contributed by atoms with van der Waals surface area (Å²) in [6.07, 6.45) is 7.10. The molecule has 2 atom stereocenters. The highest BCUT2D eigenvalue weighted by atomic mass is 14.4. The van der Waals surface area contributed by atoms with Crippen LogP contribution in [0.1, 0.15) is 66.7 Å². The molecule has 0 aliphatic heterocycles. The van der Waals surface area contributed by atoms with E-state index in [-0.39, 0.29) is 0 Å². The fourth-order valence-corrected chi connectivity index (χ4v) is 3.08. The maximum absolute atomic E-state index is 2.49. The van der Waals surface area contributed by atoms with Gasteiger partial charge in [-0.15, -0.1) is 0 Å². The van der Waals surface area contributed by atoms with Gasteiger partial charge in [0.05, 0.1) is 0 Å². The lowest BCUT2D eigenvalue weighted by atomic mass is 9.71. The van der Waals surface area contributed by atoms with Crippen molar-refractivity contribution < 1.29 is 0 Å². The zero-order chi connectivity index (χ0) is 10.1. The van der Waals surface area contributed by atoms with E-state index in [1.165, 1.54) is 32.1 Å². The normalized spacial score (nSPS) is 35.3. The van der Waals surface area contributed by atoms with Crippen molar-refractivity contribution in [1.29, 1.82) is 0 Å². The molecule has 78 valence electrons. The van der Waals surface area contributed by atoms with Crippen LogP contribution in [0.2, 0.25) is 0 Å². The fourth-order valence-electron chi connectivity index (χ4n) is 3.08.